The highest BCUT2D eigenvalue weighted by Crippen LogP contribution is 2.55. The molecule has 0 amide bonds. The maximum Gasteiger partial charge on any atom is 0.335 e. The van der Waals surface area contributed by atoms with E-state index >= 15 is 0 Å². The lowest BCUT2D eigenvalue weighted by Crippen LogP contribution is -2.60. The third-order valence-corrected chi connectivity index (χ3v) is 5.14. The number of nitrogens with one attached hydrogen (secondary N) is 1. The van der Waals surface area contributed by atoms with Gasteiger partial charge in [-0.1, -0.05) is 18.9 Å². The summed E-state index contributed by atoms with van der Waals surface area (Å²) in [6.07, 6.45) is 6.37. The van der Waals surface area contributed by atoms with Crippen LogP contribution in [0.1, 0.15) is 49.4 Å². The summed E-state index contributed by atoms with van der Waals surface area (Å²) >= 11 is 0. The van der Waals surface area contributed by atoms with Crippen LogP contribution >= 0.6 is 0 Å². The van der Waals surface area contributed by atoms with Crippen molar-refractivity contribution in [2.45, 2.75) is 51.2 Å². The predicted octanol–water partition coefficient (Wildman–Crippen LogP) is 3.53. The van der Waals surface area contributed by atoms with Crippen molar-refractivity contribution in [3.63, 3.8) is 0 Å². The van der Waals surface area contributed by atoms with Crippen LogP contribution in [0, 0.1) is 5.41 Å². The first-order chi connectivity index (χ1) is 10.2. The van der Waals surface area contributed by atoms with Crippen LogP contribution in [0.4, 0.5) is 5.69 Å². The summed E-state index contributed by atoms with van der Waals surface area (Å²) in [6, 6.07) is 7.50. The molecule has 2 atom stereocenters. The average molecular weight is 289 g/mol. The zero-order valence-electron chi connectivity index (χ0n) is 12.5. The lowest BCUT2D eigenvalue weighted by atomic mass is 9.60. The van der Waals surface area contributed by atoms with Crippen molar-refractivity contribution in [2.24, 2.45) is 5.41 Å². The Morgan fingerprint density at radius 2 is 2.19 bits per heavy atom. The van der Waals surface area contributed by atoms with Gasteiger partial charge in [-0.05, 0) is 44.4 Å². The first kappa shape index (κ1) is 14.4. The number of carbonyl (C=O) groups is 1. The van der Waals surface area contributed by atoms with Gasteiger partial charge in [-0.15, -0.1) is 0 Å². The van der Waals surface area contributed by atoms with Gasteiger partial charge in [-0.25, -0.2) is 4.79 Å². The minimum Gasteiger partial charge on any atom is -0.478 e. The van der Waals surface area contributed by atoms with Gasteiger partial charge in [-0.2, -0.15) is 0 Å². The minimum atomic E-state index is -0.880. The Balaban J connectivity index is 1.73. The van der Waals surface area contributed by atoms with E-state index in [1.807, 2.05) is 6.07 Å². The number of ether oxygens (including phenoxy) is 1. The summed E-state index contributed by atoms with van der Waals surface area (Å²) in [4.78, 5) is 11.1. The molecule has 2 fully saturated rings. The number of hydrogen-bond acceptors (Lipinski definition) is 3. The zero-order valence-corrected chi connectivity index (χ0v) is 12.5. The smallest absolute Gasteiger partial charge is 0.335 e. The fourth-order valence-electron chi connectivity index (χ4n) is 4.03. The van der Waals surface area contributed by atoms with Crippen LogP contribution in [0.25, 0.3) is 0 Å². The van der Waals surface area contributed by atoms with Gasteiger partial charge in [0.2, 0.25) is 0 Å². The summed E-state index contributed by atoms with van der Waals surface area (Å²) in [7, 11) is 0. The molecule has 21 heavy (non-hydrogen) atoms. The fourth-order valence-corrected chi connectivity index (χ4v) is 4.03. The highest BCUT2D eigenvalue weighted by atomic mass is 16.5. The van der Waals surface area contributed by atoms with Crippen molar-refractivity contribution >= 4 is 11.7 Å². The quantitative estimate of drug-likeness (QED) is 0.870. The Morgan fingerprint density at radius 3 is 2.86 bits per heavy atom. The minimum absolute atomic E-state index is 0.259. The van der Waals surface area contributed by atoms with Crippen molar-refractivity contribution in [3.05, 3.63) is 29.8 Å². The molecule has 0 aromatic heterocycles. The van der Waals surface area contributed by atoms with E-state index in [0.29, 0.717) is 17.7 Å². The SMILES string of the molecule is CCOC1CC(Nc2cccc(C(=O)O)c2)C12CCCC2. The van der Waals surface area contributed by atoms with Gasteiger partial charge in [0.1, 0.15) is 0 Å². The van der Waals surface area contributed by atoms with Crippen molar-refractivity contribution in [2.75, 3.05) is 11.9 Å². The molecule has 3 rings (SSSR count). The zero-order chi connectivity index (χ0) is 14.9. The Kier molecular flexibility index (Phi) is 3.89. The number of hydrogen-bond donors (Lipinski definition) is 2. The van der Waals surface area contributed by atoms with Crippen LogP contribution in [0.3, 0.4) is 0 Å². The second-order valence-electron chi connectivity index (χ2n) is 6.20. The Hall–Kier alpha value is -1.55. The van der Waals surface area contributed by atoms with E-state index in [-0.39, 0.29) is 5.41 Å². The second-order valence-corrected chi connectivity index (χ2v) is 6.20. The molecule has 2 N–H and O–H groups in total. The molecule has 0 bridgehead atoms. The van der Waals surface area contributed by atoms with E-state index in [1.165, 1.54) is 25.7 Å². The monoisotopic (exact) mass is 289 g/mol. The molecule has 1 aromatic carbocycles. The third kappa shape index (κ3) is 2.53. The number of rotatable bonds is 5. The Labute approximate surface area is 125 Å². The van der Waals surface area contributed by atoms with Gasteiger partial charge in [0.15, 0.2) is 0 Å². The molecule has 2 aliphatic rings. The molecule has 1 aromatic rings. The predicted molar refractivity (Wildman–Crippen MR) is 81.7 cm³/mol. The highest BCUT2D eigenvalue weighted by Gasteiger charge is 2.56. The van der Waals surface area contributed by atoms with Crippen LogP contribution in [0.5, 0.6) is 0 Å². The van der Waals surface area contributed by atoms with Crippen molar-refractivity contribution < 1.29 is 14.6 Å². The fraction of sp³-hybridized carbons (Fsp3) is 0.588. The number of carboxylic acids is 1. The highest BCUT2D eigenvalue weighted by molar-refractivity contribution is 5.88. The standard InChI is InChI=1S/C17H23NO3/c1-2-21-15-11-14(17(15)8-3-4-9-17)18-13-7-5-6-12(10-13)16(19)20/h5-7,10,14-15,18H,2-4,8-9,11H2,1H3,(H,19,20). The summed E-state index contributed by atoms with van der Waals surface area (Å²) in [6.45, 7) is 2.83. The van der Waals surface area contributed by atoms with Crippen LogP contribution in [0.15, 0.2) is 24.3 Å². The van der Waals surface area contributed by atoms with Gasteiger partial charge < -0.3 is 15.2 Å². The van der Waals surface area contributed by atoms with E-state index in [4.69, 9.17) is 9.84 Å². The third-order valence-electron chi connectivity index (χ3n) is 5.14. The largest absolute Gasteiger partial charge is 0.478 e. The molecule has 2 aliphatic carbocycles. The topological polar surface area (TPSA) is 58.6 Å². The summed E-state index contributed by atoms with van der Waals surface area (Å²) in [5.41, 5.74) is 1.50. The van der Waals surface area contributed by atoms with E-state index < -0.39 is 5.97 Å². The molecule has 0 saturated heterocycles. The van der Waals surface area contributed by atoms with E-state index in [2.05, 4.69) is 12.2 Å². The lowest BCUT2D eigenvalue weighted by molar-refractivity contribution is -0.114. The van der Waals surface area contributed by atoms with Gasteiger partial charge in [0.25, 0.3) is 0 Å². The van der Waals surface area contributed by atoms with Crippen LogP contribution in [0.2, 0.25) is 0 Å². The Bertz CT molecular complexity index is 523. The molecular formula is C17H23NO3. The second kappa shape index (κ2) is 5.68. The molecular weight excluding hydrogens is 266 g/mol. The molecule has 4 nitrogen and oxygen atoms in total. The molecule has 114 valence electrons. The van der Waals surface area contributed by atoms with Crippen LogP contribution < -0.4 is 5.32 Å². The van der Waals surface area contributed by atoms with E-state index in [9.17, 15) is 4.79 Å². The van der Waals surface area contributed by atoms with Gasteiger partial charge >= 0.3 is 5.97 Å². The summed E-state index contributed by atoms with van der Waals surface area (Å²) < 4.78 is 5.91. The summed E-state index contributed by atoms with van der Waals surface area (Å²) in [5, 5.41) is 12.6. The van der Waals surface area contributed by atoms with Crippen LogP contribution in [-0.2, 0) is 4.74 Å². The number of aromatic carboxylic acids is 1. The molecule has 2 unspecified atom stereocenters. The molecule has 0 radical (unpaired) electrons. The lowest BCUT2D eigenvalue weighted by Gasteiger charge is -2.54. The maximum absolute atomic E-state index is 11.1. The molecule has 0 aliphatic heterocycles. The van der Waals surface area contributed by atoms with Crippen molar-refractivity contribution in [1.29, 1.82) is 0 Å². The van der Waals surface area contributed by atoms with Gasteiger partial charge in [0.05, 0.1) is 11.7 Å². The number of benzene rings is 1. The Morgan fingerprint density at radius 1 is 1.43 bits per heavy atom. The van der Waals surface area contributed by atoms with Crippen molar-refractivity contribution in [3.8, 4) is 0 Å². The average Bonchev–Trinajstić information content (AvgIpc) is 2.99. The number of carboxylic acid groups (broad SMARTS) is 1. The number of anilines is 1. The van der Waals surface area contributed by atoms with Crippen molar-refractivity contribution in [1.82, 2.24) is 0 Å². The molecule has 4 heteroatoms. The van der Waals surface area contributed by atoms with E-state index in [0.717, 1.165) is 18.7 Å². The molecule has 0 heterocycles. The van der Waals surface area contributed by atoms with E-state index in [1.54, 1.807) is 18.2 Å². The maximum atomic E-state index is 11.1. The first-order valence-electron chi connectivity index (χ1n) is 7.87. The molecule has 2 saturated carbocycles. The first-order valence-corrected chi connectivity index (χ1v) is 7.87. The summed E-state index contributed by atoms with van der Waals surface area (Å²) in [5.74, 6) is -0.880. The van der Waals surface area contributed by atoms with Crippen LogP contribution in [-0.4, -0.2) is 29.8 Å². The van der Waals surface area contributed by atoms with Gasteiger partial charge in [-0.3, -0.25) is 0 Å². The molecule has 1 spiro atoms. The normalized spacial score (nSPS) is 26.5. The van der Waals surface area contributed by atoms with Gasteiger partial charge in [0, 0.05) is 23.8 Å².